The van der Waals surface area contributed by atoms with Crippen molar-refractivity contribution < 1.29 is 9.53 Å². The first-order chi connectivity index (χ1) is 12.3. The van der Waals surface area contributed by atoms with Gasteiger partial charge >= 0.3 is 0 Å². The number of para-hydroxylation sites is 2. The molecule has 2 aliphatic rings. The van der Waals surface area contributed by atoms with Crippen molar-refractivity contribution in [1.29, 1.82) is 0 Å². The van der Waals surface area contributed by atoms with E-state index in [1.54, 1.807) is 0 Å². The quantitative estimate of drug-likeness (QED) is 0.778. The first kappa shape index (κ1) is 18.1. The number of carbonyl (C=O) groups excluding carboxylic acids is 1. The molecule has 0 atom stereocenters. The van der Waals surface area contributed by atoms with Crippen molar-refractivity contribution >= 4 is 17.3 Å². The molecule has 1 aromatic carbocycles. The van der Waals surface area contributed by atoms with Crippen molar-refractivity contribution in [1.82, 2.24) is 5.32 Å². The van der Waals surface area contributed by atoms with Crippen LogP contribution in [0.15, 0.2) is 24.3 Å². The van der Waals surface area contributed by atoms with Crippen LogP contribution in [0, 0.1) is 0 Å². The number of morpholine rings is 1. The van der Waals surface area contributed by atoms with Crippen molar-refractivity contribution in [3.05, 3.63) is 24.3 Å². The van der Waals surface area contributed by atoms with E-state index in [2.05, 4.69) is 33.7 Å². The largest absolute Gasteiger partial charge is 0.383 e. The molecule has 1 heterocycles. The van der Waals surface area contributed by atoms with Crippen LogP contribution in [0.2, 0.25) is 0 Å². The molecule has 1 amide bonds. The summed E-state index contributed by atoms with van der Waals surface area (Å²) in [6.45, 7) is 4.05. The Balaban J connectivity index is 1.46. The van der Waals surface area contributed by atoms with Gasteiger partial charge in [0.15, 0.2) is 0 Å². The molecule has 3 rings (SSSR count). The molecule has 1 aliphatic heterocycles. The predicted molar refractivity (Wildman–Crippen MR) is 102 cm³/mol. The molecule has 0 spiro atoms. The molecule has 1 aliphatic carbocycles. The minimum Gasteiger partial charge on any atom is -0.383 e. The maximum Gasteiger partial charge on any atom is 0.221 e. The summed E-state index contributed by atoms with van der Waals surface area (Å²) in [7, 11) is 0. The van der Waals surface area contributed by atoms with Crippen LogP contribution in [0.1, 0.15) is 44.9 Å². The Hall–Kier alpha value is -1.75. The molecule has 1 aromatic rings. The van der Waals surface area contributed by atoms with Gasteiger partial charge in [0.1, 0.15) is 0 Å². The minimum absolute atomic E-state index is 0.170. The van der Waals surface area contributed by atoms with E-state index in [0.29, 0.717) is 19.0 Å². The van der Waals surface area contributed by atoms with Crippen LogP contribution in [0.5, 0.6) is 0 Å². The molecule has 1 saturated carbocycles. The average molecular weight is 345 g/mol. The molecule has 0 radical (unpaired) electrons. The summed E-state index contributed by atoms with van der Waals surface area (Å²) in [4.78, 5) is 14.6. The summed E-state index contributed by atoms with van der Waals surface area (Å²) in [5, 5.41) is 6.66. The topological polar surface area (TPSA) is 53.6 Å². The summed E-state index contributed by atoms with van der Waals surface area (Å²) in [6.07, 6.45) is 7.91. The summed E-state index contributed by atoms with van der Waals surface area (Å²) in [5.74, 6) is 0.170. The third kappa shape index (κ3) is 5.63. The van der Waals surface area contributed by atoms with Crippen molar-refractivity contribution in [2.45, 2.75) is 51.0 Å². The lowest BCUT2D eigenvalue weighted by atomic mass is 10.1. The molecule has 1 saturated heterocycles. The van der Waals surface area contributed by atoms with Gasteiger partial charge in [-0.15, -0.1) is 0 Å². The van der Waals surface area contributed by atoms with Crippen LogP contribution in [-0.2, 0) is 9.53 Å². The number of ether oxygens (including phenoxy) is 1. The fraction of sp³-hybridized carbons (Fsp3) is 0.650. The lowest BCUT2D eigenvalue weighted by Crippen LogP contribution is -2.37. The molecule has 5 nitrogen and oxygen atoms in total. The number of benzene rings is 1. The Bertz CT molecular complexity index is 535. The highest BCUT2D eigenvalue weighted by Crippen LogP contribution is 2.26. The van der Waals surface area contributed by atoms with Gasteiger partial charge in [-0.05, 0) is 25.0 Å². The zero-order valence-electron chi connectivity index (χ0n) is 15.1. The molecule has 5 heteroatoms. The maximum atomic E-state index is 12.2. The SMILES string of the molecule is O=C(CCNc1ccccc1N1CCOCC1)NC1CCCCCC1. The van der Waals surface area contributed by atoms with Gasteiger partial charge in [0.25, 0.3) is 0 Å². The Kier molecular flexibility index (Phi) is 6.98. The number of amides is 1. The van der Waals surface area contributed by atoms with Crippen LogP contribution < -0.4 is 15.5 Å². The van der Waals surface area contributed by atoms with E-state index in [4.69, 9.17) is 4.74 Å². The Morgan fingerprint density at radius 3 is 2.56 bits per heavy atom. The number of carbonyl (C=O) groups is 1. The maximum absolute atomic E-state index is 12.2. The lowest BCUT2D eigenvalue weighted by Gasteiger charge is -2.30. The molecule has 25 heavy (non-hydrogen) atoms. The summed E-state index contributed by atoms with van der Waals surface area (Å²) >= 11 is 0. The van der Waals surface area contributed by atoms with Crippen molar-refractivity contribution in [2.24, 2.45) is 0 Å². The minimum atomic E-state index is 0.170. The van der Waals surface area contributed by atoms with Crippen LogP contribution in [0.3, 0.4) is 0 Å². The van der Waals surface area contributed by atoms with Crippen LogP contribution in [0.4, 0.5) is 11.4 Å². The van der Waals surface area contributed by atoms with E-state index in [9.17, 15) is 4.79 Å². The number of rotatable bonds is 6. The number of hydrogen-bond donors (Lipinski definition) is 2. The second kappa shape index (κ2) is 9.66. The van der Waals surface area contributed by atoms with Gasteiger partial charge < -0.3 is 20.3 Å². The van der Waals surface area contributed by atoms with Gasteiger partial charge in [0.2, 0.25) is 5.91 Å². The van der Waals surface area contributed by atoms with Gasteiger partial charge in [-0.2, -0.15) is 0 Å². The number of anilines is 2. The molecule has 0 unspecified atom stereocenters. The Labute approximate surface area is 151 Å². The van der Waals surface area contributed by atoms with Gasteiger partial charge in [-0.3, -0.25) is 4.79 Å². The number of hydrogen-bond acceptors (Lipinski definition) is 4. The third-order valence-electron chi connectivity index (χ3n) is 5.14. The van der Waals surface area contributed by atoms with E-state index in [1.165, 1.54) is 31.4 Å². The fourth-order valence-corrected chi connectivity index (χ4v) is 3.74. The van der Waals surface area contributed by atoms with Crippen LogP contribution in [0.25, 0.3) is 0 Å². The highest BCUT2D eigenvalue weighted by Gasteiger charge is 2.16. The molecule has 138 valence electrons. The summed E-state index contributed by atoms with van der Waals surface area (Å²) in [6, 6.07) is 8.72. The standard InChI is InChI=1S/C20H31N3O2/c24-20(22-17-7-3-1-2-4-8-17)11-12-21-18-9-5-6-10-19(18)23-13-15-25-16-14-23/h5-6,9-10,17,21H,1-4,7-8,11-16H2,(H,22,24). The van der Waals surface area contributed by atoms with Crippen LogP contribution in [-0.4, -0.2) is 44.8 Å². The second-order valence-electron chi connectivity index (χ2n) is 7.05. The lowest BCUT2D eigenvalue weighted by molar-refractivity contribution is -0.121. The number of nitrogens with zero attached hydrogens (tertiary/aromatic N) is 1. The summed E-state index contributed by atoms with van der Waals surface area (Å²) in [5.41, 5.74) is 2.31. The Morgan fingerprint density at radius 2 is 1.80 bits per heavy atom. The molecular formula is C20H31N3O2. The van der Waals surface area contributed by atoms with E-state index < -0.39 is 0 Å². The molecule has 2 fully saturated rings. The van der Waals surface area contributed by atoms with Gasteiger partial charge in [-0.25, -0.2) is 0 Å². The van der Waals surface area contributed by atoms with E-state index in [1.807, 2.05) is 6.07 Å². The average Bonchev–Trinajstić information content (AvgIpc) is 2.91. The van der Waals surface area contributed by atoms with Crippen molar-refractivity contribution in [3.8, 4) is 0 Å². The first-order valence-electron chi connectivity index (χ1n) is 9.78. The molecule has 0 bridgehead atoms. The normalized spacial score (nSPS) is 19.3. The predicted octanol–water partition coefficient (Wildman–Crippen LogP) is 3.16. The molecular weight excluding hydrogens is 314 g/mol. The second-order valence-corrected chi connectivity index (χ2v) is 7.05. The zero-order chi connectivity index (χ0) is 17.3. The monoisotopic (exact) mass is 345 g/mol. The highest BCUT2D eigenvalue weighted by atomic mass is 16.5. The van der Waals surface area contributed by atoms with E-state index >= 15 is 0 Å². The van der Waals surface area contributed by atoms with E-state index in [-0.39, 0.29) is 5.91 Å². The first-order valence-corrected chi connectivity index (χ1v) is 9.78. The zero-order valence-corrected chi connectivity index (χ0v) is 15.1. The molecule has 0 aromatic heterocycles. The highest BCUT2D eigenvalue weighted by molar-refractivity contribution is 5.77. The van der Waals surface area contributed by atoms with E-state index in [0.717, 1.165) is 44.8 Å². The fourth-order valence-electron chi connectivity index (χ4n) is 3.74. The van der Waals surface area contributed by atoms with Gasteiger partial charge in [-0.1, -0.05) is 37.8 Å². The van der Waals surface area contributed by atoms with Crippen molar-refractivity contribution in [3.63, 3.8) is 0 Å². The smallest absolute Gasteiger partial charge is 0.221 e. The van der Waals surface area contributed by atoms with Crippen LogP contribution >= 0.6 is 0 Å². The van der Waals surface area contributed by atoms with Gasteiger partial charge in [0, 0.05) is 32.1 Å². The summed E-state index contributed by atoms with van der Waals surface area (Å²) < 4.78 is 5.44. The Morgan fingerprint density at radius 1 is 1.08 bits per heavy atom. The van der Waals surface area contributed by atoms with Gasteiger partial charge in [0.05, 0.1) is 24.6 Å². The van der Waals surface area contributed by atoms with Crippen molar-refractivity contribution in [2.75, 3.05) is 43.1 Å². The molecule has 2 N–H and O–H groups in total. The number of nitrogens with one attached hydrogen (secondary N) is 2. The third-order valence-corrected chi connectivity index (χ3v) is 5.14.